The van der Waals surface area contributed by atoms with Crippen molar-refractivity contribution < 1.29 is 14.3 Å². The number of nitrogens with two attached hydrogens (primary N) is 2. The van der Waals surface area contributed by atoms with Gasteiger partial charge < -0.3 is 20.9 Å². The van der Waals surface area contributed by atoms with Crippen LogP contribution in [0, 0.1) is 0 Å². The first-order chi connectivity index (χ1) is 9.10. The van der Waals surface area contributed by atoms with Gasteiger partial charge >= 0.3 is 0 Å². The molecule has 2 aromatic rings. The summed E-state index contributed by atoms with van der Waals surface area (Å²) < 4.78 is 10.5. The number of hydrogen-bond donors (Lipinski definition) is 2. The van der Waals surface area contributed by atoms with Gasteiger partial charge in [-0.25, -0.2) is 0 Å². The maximum absolute atomic E-state index is 10.9. The number of hydrogen-bond acceptors (Lipinski definition) is 6. The second kappa shape index (κ2) is 5.21. The predicted molar refractivity (Wildman–Crippen MR) is 68.0 cm³/mol. The number of carbonyl (C=O) groups is 1. The average molecular weight is 260 g/mol. The van der Waals surface area contributed by atoms with Crippen LogP contribution < -0.4 is 20.9 Å². The lowest BCUT2D eigenvalue weighted by Gasteiger charge is -2.08. The highest BCUT2D eigenvalue weighted by Gasteiger charge is 2.07. The first-order valence-corrected chi connectivity index (χ1v) is 5.35. The van der Waals surface area contributed by atoms with Crippen molar-refractivity contribution in [2.24, 2.45) is 5.73 Å². The van der Waals surface area contributed by atoms with Crippen molar-refractivity contribution in [1.82, 2.24) is 10.2 Å². The highest BCUT2D eigenvalue weighted by molar-refractivity contribution is 5.90. The molecule has 1 aromatic carbocycles. The molecule has 19 heavy (non-hydrogen) atoms. The molecule has 7 nitrogen and oxygen atoms in total. The second-order valence-corrected chi connectivity index (χ2v) is 3.63. The molecule has 0 aliphatic heterocycles. The number of primary amides is 1. The SMILES string of the molecule is COc1ccc(N)c(Oc2ccc(C(N)=O)nn2)c1. The maximum atomic E-state index is 10.9. The minimum Gasteiger partial charge on any atom is -0.497 e. The second-order valence-electron chi connectivity index (χ2n) is 3.63. The zero-order valence-corrected chi connectivity index (χ0v) is 10.2. The van der Waals surface area contributed by atoms with Crippen molar-refractivity contribution in [2.75, 3.05) is 12.8 Å². The van der Waals surface area contributed by atoms with Gasteiger partial charge in [-0.15, -0.1) is 10.2 Å². The van der Waals surface area contributed by atoms with Gasteiger partial charge in [-0.2, -0.15) is 0 Å². The molecule has 0 saturated heterocycles. The normalized spacial score (nSPS) is 9.95. The number of nitrogen functional groups attached to an aromatic ring is 1. The fourth-order valence-corrected chi connectivity index (χ4v) is 1.35. The zero-order valence-electron chi connectivity index (χ0n) is 10.2. The summed E-state index contributed by atoms with van der Waals surface area (Å²) in [6.07, 6.45) is 0. The molecule has 0 fully saturated rings. The van der Waals surface area contributed by atoms with Gasteiger partial charge in [-0.05, 0) is 18.2 Å². The first-order valence-electron chi connectivity index (χ1n) is 5.35. The lowest BCUT2D eigenvalue weighted by Crippen LogP contribution is -2.13. The van der Waals surface area contributed by atoms with Gasteiger partial charge in [0.25, 0.3) is 5.91 Å². The van der Waals surface area contributed by atoms with Crippen LogP contribution in [0.25, 0.3) is 0 Å². The molecule has 98 valence electrons. The monoisotopic (exact) mass is 260 g/mol. The van der Waals surface area contributed by atoms with E-state index in [1.807, 2.05) is 0 Å². The molecule has 1 amide bonds. The lowest BCUT2D eigenvalue weighted by molar-refractivity contribution is 0.0994. The number of carbonyl (C=O) groups excluding carboxylic acids is 1. The van der Waals surface area contributed by atoms with Crippen molar-refractivity contribution in [2.45, 2.75) is 0 Å². The van der Waals surface area contributed by atoms with Crippen LogP contribution in [0.4, 0.5) is 5.69 Å². The van der Waals surface area contributed by atoms with E-state index in [2.05, 4.69) is 10.2 Å². The minimum atomic E-state index is -0.653. The fourth-order valence-electron chi connectivity index (χ4n) is 1.35. The Kier molecular flexibility index (Phi) is 3.46. The van der Waals surface area contributed by atoms with Gasteiger partial charge in [-0.1, -0.05) is 0 Å². The molecule has 0 radical (unpaired) electrons. The first kappa shape index (κ1) is 12.6. The summed E-state index contributed by atoms with van der Waals surface area (Å²) in [7, 11) is 1.54. The van der Waals surface area contributed by atoms with Crippen LogP contribution >= 0.6 is 0 Å². The Hall–Kier alpha value is -2.83. The minimum absolute atomic E-state index is 0.0611. The number of methoxy groups -OCH3 is 1. The summed E-state index contributed by atoms with van der Waals surface area (Å²) in [5.74, 6) is 0.538. The molecular weight excluding hydrogens is 248 g/mol. The molecular formula is C12H12N4O3. The highest BCUT2D eigenvalue weighted by atomic mass is 16.5. The number of anilines is 1. The Morgan fingerprint density at radius 1 is 1.21 bits per heavy atom. The summed E-state index contributed by atoms with van der Waals surface area (Å²) in [4.78, 5) is 10.9. The third-order valence-corrected chi connectivity index (χ3v) is 2.33. The number of ether oxygens (including phenoxy) is 2. The van der Waals surface area contributed by atoms with E-state index in [1.165, 1.54) is 19.2 Å². The van der Waals surface area contributed by atoms with Gasteiger partial charge in [0.15, 0.2) is 11.4 Å². The van der Waals surface area contributed by atoms with E-state index >= 15 is 0 Å². The van der Waals surface area contributed by atoms with Crippen LogP contribution in [-0.2, 0) is 0 Å². The molecule has 0 bridgehead atoms. The fraction of sp³-hybridized carbons (Fsp3) is 0.0833. The molecule has 1 heterocycles. The predicted octanol–water partition coefficient (Wildman–Crippen LogP) is 0.959. The Bertz CT molecular complexity index is 598. The molecule has 0 aliphatic rings. The molecule has 0 spiro atoms. The summed E-state index contributed by atoms with van der Waals surface area (Å²) in [6, 6.07) is 7.88. The largest absolute Gasteiger partial charge is 0.497 e. The molecule has 1 aromatic heterocycles. The Balaban J connectivity index is 2.23. The van der Waals surface area contributed by atoms with Gasteiger partial charge in [0.05, 0.1) is 12.8 Å². The summed E-state index contributed by atoms with van der Waals surface area (Å²) in [6.45, 7) is 0. The topological polar surface area (TPSA) is 113 Å². The van der Waals surface area contributed by atoms with E-state index in [0.29, 0.717) is 17.2 Å². The molecule has 7 heteroatoms. The third kappa shape index (κ3) is 2.89. The number of benzene rings is 1. The molecule has 0 unspecified atom stereocenters. The third-order valence-electron chi connectivity index (χ3n) is 2.33. The zero-order chi connectivity index (χ0) is 13.8. The van der Waals surface area contributed by atoms with Crippen molar-refractivity contribution in [3.05, 3.63) is 36.0 Å². The smallest absolute Gasteiger partial charge is 0.269 e. The van der Waals surface area contributed by atoms with E-state index in [0.717, 1.165) is 0 Å². The van der Waals surface area contributed by atoms with Gasteiger partial charge in [0, 0.05) is 12.1 Å². The van der Waals surface area contributed by atoms with Gasteiger partial charge in [0.1, 0.15) is 5.75 Å². The Morgan fingerprint density at radius 3 is 2.58 bits per heavy atom. The average Bonchev–Trinajstić information content (AvgIpc) is 2.42. The van der Waals surface area contributed by atoms with Crippen LogP contribution in [0.3, 0.4) is 0 Å². The van der Waals surface area contributed by atoms with Crippen molar-refractivity contribution in [3.8, 4) is 17.4 Å². The number of amides is 1. The molecule has 4 N–H and O–H groups in total. The number of rotatable bonds is 4. The molecule has 2 rings (SSSR count). The molecule has 0 atom stereocenters. The van der Waals surface area contributed by atoms with Crippen molar-refractivity contribution in [1.29, 1.82) is 0 Å². The van der Waals surface area contributed by atoms with Gasteiger partial charge in [-0.3, -0.25) is 4.79 Å². The van der Waals surface area contributed by atoms with Gasteiger partial charge in [0.2, 0.25) is 5.88 Å². The maximum Gasteiger partial charge on any atom is 0.269 e. The van der Waals surface area contributed by atoms with Crippen molar-refractivity contribution >= 4 is 11.6 Å². The molecule has 0 saturated carbocycles. The summed E-state index contributed by atoms with van der Waals surface area (Å²) in [5.41, 5.74) is 11.3. The highest BCUT2D eigenvalue weighted by Crippen LogP contribution is 2.29. The van der Waals surface area contributed by atoms with E-state index in [9.17, 15) is 4.79 Å². The molecule has 0 aliphatic carbocycles. The summed E-state index contributed by atoms with van der Waals surface area (Å²) >= 11 is 0. The Morgan fingerprint density at radius 2 is 2.00 bits per heavy atom. The van der Waals surface area contributed by atoms with Crippen LogP contribution in [-0.4, -0.2) is 23.2 Å². The van der Waals surface area contributed by atoms with Crippen LogP contribution in [0.15, 0.2) is 30.3 Å². The standard InChI is InChI=1S/C12H12N4O3/c1-18-7-2-3-8(13)10(6-7)19-11-5-4-9(12(14)17)15-16-11/h2-6H,13H2,1H3,(H2,14,17). The van der Waals surface area contributed by atoms with E-state index in [1.54, 1.807) is 18.2 Å². The summed E-state index contributed by atoms with van der Waals surface area (Å²) in [5, 5.41) is 7.35. The van der Waals surface area contributed by atoms with E-state index < -0.39 is 5.91 Å². The lowest BCUT2D eigenvalue weighted by atomic mass is 10.3. The quantitative estimate of drug-likeness (QED) is 0.791. The van der Waals surface area contributed by atoms with Crippen molar-refractivity contribution in [3.63, 3.8) is 0 Å². The van der Waals surface area contributed by atoms with Crippen LogP contribution in [0.1, 0.15) is 10.5 Å². The Labute approximate surface area is 109 Å². The number of aromatic nitrogens is 2. The van der Waals surface area contributed by atoms with E-state index in [-0.39, 0.29) is 11.6 Å². The number of nitrogens with zero attached hydrogens (tertiary/aromatic N) is 2. The van der Waals surface area contributed by atoms with Crippen LogP contribution in [0.2, 0.25) is 0 Å². The van der Waals surface area contributed by atoms with E-state index in [4.69, 9.17) is 20.9 Å². The van der Waals surface area contributed by atoms with Crippen LogP contribution in [0.5, 0.6) is 17.4 Å².